The summed E-state index contributed by atoms with van der Waals surface area (Å²) in [6.45, 7) is 1.08. The van der Waals surface area contributed by atoms with Crippen molar-refractivity contribution >= 4 is 40.4 Å². The van der Waals surface area contributed by atoms with Crippen LogP contribution in [0.4, 0.5) is 5.69 Å². The summed E-state index contributed by atoms with van der Waals surface area (Å²) < 4.78 is 5.17. The van der Waals surface area contributed by atoms with E-state index in [-0.39, 0.29) is 16.8 Å². The number of benzene rings is 1. The molecule has 1 aromatic carbocycles. The lowest BCUT2D eigenvalue weighted by atomic mass is 10.1. The maximum atomic E-state index is 11.9. The molecule has 0 saturated carbocycles. The van der Waals surface area contributed by atoms with Crippen molar-refractivity contribution in [2.24, 2.45) is 11.7 Å². The number of ether oxygens (including phenoxy) is 1. The predicted octanol–water partition coefficient (Wildman–Crippen LogP) is 1.95. The number of nitrogens with two attached hydrogens (primary N) is 1. The molecule has 0 bridgehead atoms. The van der Waals surface area contributed by atoms with E-state index in [1.165, 1.54) is 0 Å². The molecule has 3 N–H and O–H groups in total. The number of carbonyl (C=O) groups is 1. The molecule has 2 rings (SSSR count). The number of anilines is 1. The molecule has 6 heteroatoms. The SMILES string of the molecule is NC(=S)c1ccc(Cl)c(NC(=O)C2CCOC2)c1. The number of hydrogen-bond acceptors (Lipinski definition) is 3. The molecule has 1 atom stereocenters. The summed E-state index contributed by atoms with van der Waals surface area (Å²) in [7, 11) is 0. The van der Waals surface area contributed by atoms with E-state index in [4.69, 9.17) is 34.3 Å². The summed E-state index contributed by atoms with van der Waals surface area (Å²) >= 11 is 10.9. The monoisotopic (exact) mass is 284 g/mol. The Morgan fingerprint density at radius 2 is 2.33 bits per heavy atom. The quantitative estimate of drug-likeness (QED) is 0.833. The number of hydrogen-bond donors (Lipinski definition) is 2. The Bertz CT molecular complexity index is 487. The molecule has 1 unspecified atom stereocenters. The fourth-order valence-corrected chi connectivity index (χ4v) is 2.04. The second-order valence-corrected chi connectivity index (χ2v) is 4.96. The molecule has 1 aliphatic heterocycles. The first-order valence-electron chi connectivity index (χ1n) is 5.56. The molecule has 1 aromatic rings. The smallest absolute Gasteiger partial charge is 0.229 e. The molecule has 18 heavy (non-hydrogen) atoms. The first-order valence-corrected chi connectivity index (χ1v) is 6.34. The van der Waals surface area contributed by atoms with Crippen LogP contribution in [0.3, 0.4) is 0 Å². The largest absolute Gasteiger partial charge is 0.389 e. The Balaban J connectivity index is 2.14. The van der Waals surface area contributed by atoms with E-state index in [2.05, 4.69) is 5.32 Å². The summed E-state index contributed by atoms with van der Waals surface area (Å²) in [6.07, 6.45) is 0.735. The van der Waals surface area contributed by atoms with E-state index >= 15 is 0 Å². The van der Waals surface area contributed by atoms with Gasteiger partial charge in [0.25, 0.3) is 0 Å². The van der Waals surface area contributed by atoms with Crippen molar-refractivity contribution in [2.45, 2.75) is 6.42 Å². The third-order valence-corrected chi connectivity index (χ3v) is 3.37. The van der Waals surface area contributed by atoms with E-state index < -0.39 is 0 Å². The molecule has 0 radical (unpaired) electrons. The number of amides is 1. The number of rotatable bonds is 3. The van der Waals surface area contributed by atoms with Gasteiger partial charge >= 0.3 is 0 Å². The third kappa shape index (κ3) is 2.98. The average Bonchev–Trinajstić information content (AvgIpc) is 2.85. The van der Waals surface area contributed by atoms with E-state index in [9.17, 15) is 4.79 Å². The van der Waals surface area contributed by atoms with Gasteiger partial charge in [0, 0.05) is 12.2 Å². The first-order chi connectivity index (χ1) is 8.58. The van der Waals surface area contributed by atoms with Crippen LogP contribution in [0.2, 0.25) is 5.02 Å². The van der Waals surface area contributed by atoms with Gasteiger partial charge in [0.05, 0.1) is 23.2 Å². The van der Waals surface area contributed by atoms with Gasteiger partial charge < -0.3 is 15.8 Å². The van der Waals surface area contributed by atoms with Crippen LogP contribution in [0.5, 0.6) is 0 Å². The Morgan fingerprint density at radius 1 is 1.56 bits per heavy atom. The Morgan fingerprint density at radius 3 is 2.94 bits per heavy atom. The van der Waals surface area contributed by atoms with E-state index in [1.54, 1.807) is 18.2 Å². The van der Waals surface area contributed by atoms with Gasteiger partial charge in [0.15, 0.2) is 0 Å². The molecule has 0 spiro atoms. The average molecular weight is 285 g/mol. The first kappa shape index (κ1) is 13.3. The molecule has 96 valence electrons. The zero-order valence-electron chi connectivity index (χ0n) is 9.61. The van der Waals surface area contributed by atoms with Crippen LogP contribution in [-0.2, 0) is 9.53 Å². The van der Waals surface area contributed by atoms with Crippen molar-refractivity contribution in [3.63, 3.8) is 0 Å². The minimum absolute atomic E-state index is 0.0884. The fourth-order valence-electron chi connectivity index (χ4n) is 1.75. The highest BCUT2D eigenvalue weighted by molar-refractivity contribution is 7.80. The molecule has 1 heterocycles. The number of thiocarbonyl (C=S) groups is 1. The number of nitrogens with one attached hydrogen (secondary N) is 1. The molecule has 1 amide bonds. The zero-order valence-corrected chi connectivity index (χ0v) is 11.2. The van der Waals surface area contributed by atoms with Gasteiger partial charge in [-0.3, -0.25) is 4.79 Å². The van der Waals surface area contributed by atoms with Crippen molar-refractivity contribution in [1.29, 1.82) is 0 Å². The molecule has 4 nitrogen and oxygen atoms in total. The molecule has 1 saturated heterocycles. The minimum atomic E-state index is -0.116. The van der Waals surface area contributed by atoms with Gasteiger partial charge in [-0.25, -0.2) is 0 Å². The maximum Gasteiger partial charge on any atom is 0.229 e. The van der Waals surface area contributed by atoms with Crippen molar-refractivity contribution in [2.75, 3.05) is 18.5 Å². The lowest BCUT2D eigenvalue weighted by Gasteiger charge is -2.11. The highest BCUT2D eigenvalue weighted by atomic mass is 35.5. The van der Waals surface area contributed by atoms with E-state index in [1.807, 2.05) is 0 Å². The van der Waals surface area contributed by atoms with Crippen LogP contribution in [0.1, 0.15) is 12.0 Å². The normalized spacial score (nSPS) is 18.6. The lowest BCUT2D eigenvalue weighted by molar-refractivity contribution is -0.119. The van der Waals surface area contributed by atoms with Crippen molar-refractivity contribution in [3.05, 3.63) is 28.8 Å². The van der Waals surface area contributed by atoms with Gasteiger partial charge in [-0.15, -0.1) is 0 Å². The summed E-state index contributed by atoms with van der Waals surface area (Å²) in [4.78, 5) is 12.2. The van der Waals surface area contributed by atoms with E-state index in [0.717, 1.165) is 6.42 Å². The molecule has 1 aliphatic rings. The van der Waals surface area contributed by atoms with Crippen molar-refractivity contribution < 1.29 is 9.53 Å². The summed E-state index contributed by atoms with van der Waals surface area (Å²) in [5.74, 6) is -0.205. The van der Waals surface area contributed by atoms with Gasteiger partial charge in [0.2, 0.25) is 5.91 Å². The van der Waals surface area contributed by atoms with Gasteiger partial charge in [-0.1, -0.05) is 29.9 Å². The van der Waals surface area contributed by atoms with Crippen molar-refractivity contribution in [1.82, 2.24) is 0 Å². The molecule has 1 fully saturated rings. The molecular formula is C12H13ClN2O2S. The van der Waals surface area contributed by atoms with E-state index in [0.29, 0.717) is 29.5 Å². The number of halogens is 1. The third-order valence-electron chi connectivity index (χ3n) is 2.81. The molecule has 0 aromatic heterocycles. The second-order valence-electron chi connectivity index (χ2n) is 4.11. The second kappa shape index (κ2) is 5.65. The van der Waals surface area contributed by atoms with Gasteiger partial charge in [-0.2, -0.15) is 0 Å². The fraction of sp³-hybridized carbons (Fsp3) is 0.333. The predicted molar refractivity (Wildman–Crippen MR) is 74.9 cm³/mol. The van der Waals surface area contributed by atoms with Crippen LogP contribution in [0.15, 0.2) is 18.2 Å². The Kier molecular flexibility index (Phi) is 4.16. The van der Waals surface area contributed by atoms with Crippen LogP contribution >= 0.6 is 23.8 Å². The van der Waals surface area contributed by atoms with Crippen LogP contribution in [-0.4, -0.2) is 24.1 Å². The topological polar surface area (TPSA) is 64.3 Å². The Hall–Kier alpha value is -1.17. The molecule has 0 aliphatic carbocycles. The standard InChI is InChI=1S/C12H13ClN2O2S/c13-9-2-1-7(11(14)18)5-10(9)15-12(16)8-3-4-17-6-8/h1-2,5,8H,3-4,6H2,(H2,14,18)(H,15,16). The highest BCUT2D eigenvalue weighted by Crippen LogP contribution is 2.24. The maximum absolute atomic E-state index is 11.9. The zero-order chi connectivity index (χ0) is 13.1. The van der Waals surface area contributed by atoms with Crippen LogP contribution < -0.4 is 11.1 Å². The molecular weight excluding hydrogens is 272 g/mol. The van der Waals surface area contributed by atoms with Crippen LogP contribution in [0.25, 0.3) is 0 Å². The summed E-state index contributed by atoms with van der Waals surface area (Å²) in [5.41, 5.74) is 6.74. The summed E-state index contributed by atoms with van der Waals surface area (Å²) in [6, 6.07) is 5.06. The Labute approximate surface area is 115 Å². The van der Waals surface area contributed by atoms with Crippen molar-refractivity contribution in [3.8, 4) is 0 Å². The number of carbonyl (C=O) groups excluding carboxylic acids is 1. The minimum Gasteiger partial charge on any atom is -0.389 e. The lowest BCUT2D eigenvalue weighted by Crippen LogP contribution is -2.23. The summed E-state index contributed by atoms with van der Waals surface area (Å²) in [5, 5.41) is 3.24. The van der Waals surface area contributed by atoms with Gasteiger partial charge in [-0.05, 0) is 18.6 Å². The van der Waals surface area contributed by atoms with Gasteiger partial charge in [0.1, 0.15) is 4.99 Å². The van der Waals surface area contributed by atoms with Crippen LogP contribution in [0, 0.1) is 5.92 Å². The highest BCUT2D eigenvalue weighted by Gasteiger charge is 2.24.